The van der Waals surface area contributed by atoms with Gasteiger partial charge in [0.05, 0.1) is 16.2 Å². The van der Waals surface area contributed by atoms with Gasteiger partial charge in [-0.05, 0) is 17.5 Å². The number of hydrogen-bond acceptors (Lipinski definition) is 6. The highest BCUT2D eigenvalue weighted by Crippen LogP contribution is 2.20. The molecular weight excluding hydrogens is 384 g/mol. The molecule has 6 nitrogen and oxygen atoms in total. The Balaban J connectivity index is 1.68. The Hall–Kier alpha value is -2.03. The second-order valence-electron chi connectivity index (χ2n) is 6.62. The molecule has 0 aliphatic carbocycles. The third-order valence-electron chi connectivity index (χ3n) is 4.58. The van der Waals surface area contributed by atoms with E-state index in [1.54, 1.807) is 35.2 Å². The maximum atomic E-state index is 13.0. The predicted octanol–water partition coefficient (Wildman–Crippen LogP) is 1.78. The molecule has 8 heteroatoms. The van der Waals surface area contributed by atoms with Gasteiger partial charge >= 0.3 is 0 Å². The van der Waals surface area contributed by atoms with Crippen LogP contribution in [0, 0.1) is 0 Å². The van der Waals surface area contributed by atoms with E-state index in [1.165, 1.54) is 17.6 Å². The lowest BCUT2D eigenvalue weighted by molar-refractivity contribution is 0.0641. The predicted molar refractivity (Wildman–Crippen MR) is 106 cm³/mol. The van der Waals surface area contributed by atoms with Gasteiger partial charge in [-0.2, -0.15) is 0 Å². The van der Waals surface area contributed by atoms with Crippen molar-refractivity contribution in [2.45, 2.75) is 0 Å². The van der Waals surface area contributed by atoms with Crippen LogP contribution < -0.4 is 0 Å². The van der Waals surface area contributed by atoms with Crippen molar-refractivity contribution in [1.82, 2.24) is 9.80 Å². The van der Waals surface area contributed by atoms with E-state index in [0.29, 0.717) is 48.7 Å². The second kappa shape index (κ2) is 8.33. The molecule has 0 radical (unpaired) electrons. The summed E-state index contributed by atoms with van der Waals surface area (Å²) in [6, 6.07) is 10.5. The minimum atomic E-state index is -2.99. The first kappa shape index (κ1) is 19.7. The van der Waals surface area contributed by atoms with E-state index >= 15 is 0 Å². The summed E-state index contributed by atoms with van der Waals surface area (Å²) in [5.41, 5.74) is 0.838. The van der Waals surface area contributed by atoms with Crippen LogP contribution in [0.3, 0.4) is 0 Å². The van der Waals surface area contributed by atoms with Crippen molar-refractivity contribution in [3.05, 3.63) is 57.8 Å². The lowest BCUT2D eigenvalue weighted by atomic mass is 10.0. The normalized spacial score (nSPS) is 15.7. The Morgan fingerprint density at radius 1 is 1.00 bits per heavy atom. The average molecular weight is 407 g/mol. The molecular formula is C19H22N2O4S2. The van der Waals surface area contributed by atoms with Gasteiger partial charge in [-0.1, -0.05) is 24.3 Å². The second-order valence-corrected chi connectivity index (χ2v) is 9.82. The number of piperazine rings is 1. The van der Waals surface area contributed by atoms with Gasteiger partial charge in [0.2, 0.25) is 5.78 Å². The molecule has 1 aromatic heterocycles. The highest BCUT2D eigenvalue weighted by Gasteiger charge is 2.26. The average Bonchev–Trinajstić information content (AvgIpc) is 3.20. The van der Waals surface area contributed by atoms with Crippen molar-refractivity contribution < 1.29 is 18.0 Å². The first-order valence-corrected chi connectivity index (χ1v) is 11.7. The van der Waals surface area contributed by atoms with Crippen molar-refractivity contribution in [2.24, 2.45) is 0 Å². The zero-order chi connectivity index (χ0) is 19.4. The monoisotopic (exact) mass is 406 g/mol. The summed E-state index contributed by atoms with van der Waals surface area (Å²) in [6.45, 7) is 2.77. The molecule has 0 spiro atoms. The number of amides is 1. The number of nitrogens with zero attached hydrogens (tertiary/aromatic N) is 2. The fourth-order valence-electron chi connectivity index (χ4n) is 3.05. The molecule has 0 atom stereocenters. The summed E-state index contributed by atoms with van der Waals surface area (Å²) in [5.74, 6) is -0.168. The third-order valence-corrected chi connectivity index (χ3v) is 6.38. The highest BCUT2D eigenvalue weighted by molar-refractivity contribution is 7.90. The van der Waals surface area contributed by atoms with Crippen molar-refractivity contribution in [2.75, 3.05) is 44.7 Å². The van der Waals surface area contributed by atoms with E-state index in [1.807, 2.05) is 16.3 Å². The Labute approximate surface area is 163 Å². The topological polar surface area (TPSA) is 74.8 Å². The third kappa shape index (κ3) is 5.03. The van der Waals surface area contributed by atoms with Gasteiger partial charge in [-0.25, -0.2) is 8.42 Å². The molecule has 0 N–H and O–H groups in total. The zero-order valence-electron chi connectivity index (χ0n) is 15.1. The van der Waals surface area contributed by atoms with Gasteiger partial charge in [0.15, 0.2) is 0 Å². The van der Waals surface area contributed by atoms with E-state index < -0.39 is 9.84 Å². The minimum Gasteiger partial charge on any atom is -0.336 e. The summed E-state index contributed by atoms with van der Waals surface area (Å²) in [4.78, 5) is 30.1. The Morgan fingerprint density at radius 3 is 2.26 bits per heavy atom. The molecule has 3 rings (SSSR count). The number of carbonyl (C=O) groups excluding carboxylic acids is 2. The molecule has 1 saturated heterocycles. The van der Waals surface area contributed by atoms with Crippen LogP contribution >= 0.6 is 11.3 Å². The zero-order valence-corrected chi connectivity index (χ0v) is 16.8. The molecule has 1 aliphatic heterocycles. The number of thiophene rings is 1. The van der Waals surface area contributed by atoms with E-state index in [2.05, 4.69) is 0 Å². The van der Waals surface area contributed by atoms with Gasteiger partial charge in [-0.3, -0.25) is 14.5 Å². The summed E-state index contributed by atoms with van der Waals surface area (Å²) >= 11 is 1.36. The summed E-state index contributed by atoms with van der Waals surface area (Å²) in [6.07, 6.45) is 1.23. The molecule has 0 bridgehead atoms. The van der Waals surface area contributed by atoms with Gasteiger partial charge in [-0.15, -0.1) is 11.3 Å². The van der Waals surface area contributed by atoms with Crippen molar-refractivity contribution in [3.63, 3.8) is 0 Å². The molecule has 2 heterocycles. The van der Waals surface area contributed by atoms with Crippen molar-refractivity contribution in [3.8, 4) is 0 Å². The molecule has 27 heavy (non-hydrogen) atoms. The minimum absolute atomic E-state index is 0.124. The van der Waals surface area contributed by atoms with Gasteiger partial charge in [0.1, 0.15) is 9.84 Å². The molecule has 2 aromatic rings. The molecule has 1 aliphatic rings. The van der Waals surface area contributed by atoms with Crippen LogP contribution in [0.1, 0.15) is 25.6 Å². The van der Waals surface area contributed by atoms with Crippen molar-refractivity contribution in [1.29, 1.82) is 0 Å². The maximum absolute atomic E-state index is 13.0. The fraction of sp³-hybridized carbons (Fsp3) is 0.368. The van der Waals surface area contributed by atoms with E-state index in [0.717, 1.165) is 0 Å². The van der Waals surface area contributed by atoms with Crippen molar-refractivity contribution >= 4 is 32.9 Å². The quantitative estimate of drug-likeness (QED) is 0.684. The van der Waals surface area contributed by atoms with Crippen LogP contribution in [-0.2, 0) is 9.84 Å². The Kier molecular flexibility index (Phi) is 6.08. The van der Waals surface area contributed by atoms with E-state index in [-0.39, 0.29) is 17.4 Å². The van der Waals surface area contributed by atoms with Crippen LogP contribution in [0.15, 0.2) is 41.8 Å². The molecule has 1 aromatic carbocycles. The fourth-order valence-corrected chi connectivity index (χ4v) is 4.32. The number of hydrogen-bond donors (Lipinski definition) is 0. The van der Waals surface area contributed by atoms with Crippen LogP contribution in [0.5, 0.6) is 0 Å². The number of rotatable bonds is 6. The Bertz CT molecular complexity index is 915. The number of ketones is 1. The van der Waals surface area contributed by atoms with Crippen LogP contribution in [0.25, 0.3) is 0 Å². The molecule has 1 fully saturated rings. The molecule has 0 saturated carbocycles. The van der Waals surface area contributed by atoms with E-state index in [4.69, 9.17) is 0 Å². The highest BCUT2D eigenvalue weighted by atomic mass is 32.2. The number of benzene rings is 1. The summed E-state index contributed by atoms with van der Waals surface area (Å²) < 4.78 is 22.6. The molecule has 144 valence electrons. The van der Waals surface area contributed by atoms with Gasteiger partial charge in [0, 0.05) is 44.5 Å². The first-order valence-electron chi connectivity index (χ1n) is 8.72. The molecule has 0 unspecified atom stereocenters. The number of sulfone groups is 1. The smallest absolute Gasteiger partial charge is 0.254 e. The molecule has 1 amide bonds. The van der Waals surface area contributed by atoms with E-state index in [9.17, 15) is 18.0 Å². The van der Waals surface area contributed by atoms with Crippen LogP contribution in [-0.4, -0.2) is 74.6 Å². The lowest BCUT2D eigenvalue weighted by Crippen LogP contribution is -2.49. The SMILES string of the molecule is CS(=O)(=O)CCN1CCN(C(=O)c2ccccc2C(=O)c2cccs2)CC1. The lowest BCUT2D eigenvalue weighted by Gasteiger charge is -2.34. The van der Waals surface area contributed by atoms with Gasteiger partial charge < -0.3 is 4.90 Å². The van der Waals surface area contributed by atoms with Crippen LogP contribution in [0.4, 0.5) is 0 Å². The van der Waals surface area contributed by atoms with Gasteiger partial charge in [0.25, 0.3) is 5.91 Å². The maximum Gasteiger partial charge on any atom is 0.254 e. The number of carbonyl (C=O) groups is 2. The first-order chi connectivity index (χ1) is 12.8. The summed E-state index contributed by atoms with van der Waals surface area (Å²) in [5, 5.41) is 1.84. The summed E-state index contributed by atoms with van der Waals surface area (Å²) in [7, 11) is -2.99. The van der Waals surface area contributed by atoms with Crippen LogP contribution in [0.2, 0.25) is 0 Å². The largest absolute Gasteiger partial charge is 0.336 e. The standard InChI is InChI=1S/C19H22N2O4S2/c1-27(24,25)14-12-20-8-10-21(11-9-20)19(23)16-6-3-2-5-15(16)18(22)17-7-4-13-26-17/h2-7,13H,8-12,14H2,1H3. The Morgan fingerprint density at radius 2 is 1.67 bits per heavy atom.